The Hall–Kier alpha value is -1.62. The van der Waals surface area contributed by atoms with Crippen molar-refractivity contribution in [3.63, 3.8) is 0 Å². The minimum Gasteiger partial charge on any atom is -0.309 e. The number of aryl methyl sites for hydroxylation is 1. The number of carbonyl (C=O) groups is 1. The van der Waals surface area contributed by atoms with Gasteiger partial charge in [0.25, 0.3) is 0 Å². The molecule has 1 aliphatic rings. The maximum atomic E-state index is 11.7. The predicted octanol–water partition coefficient (Wildman–Crippen LogP) is 1.56. The zero-order chi connectivity index (χ0) is 13.3. The SMILES string of the molecule is C=CC(=O)N1CCCc2cc(S(C)(=O)=O)ccc21. The van der Waals surface area contributed by atoms with E-state index in [1.807, 2.05) is 0 Å². The van der Waals surface area contributed by atoms with Crippen LogP contribution >= 0.6 is 0 Å². The van der Waals surface area contributed by atoms with Crippen LogP contribution in [0.1, 0.15) is 12.0 Å². The average molecular weight is 265 g/mol. The molecule has 0 saturated carbocycles. The van der Waals surface area contributed by atoms with E-state index in [4.69, 9.17) is 0 Å². The van der Waals surface area contributed by atoms with Crippen LogP contribution < -0.4 is 4.90 Å². The van der Waals surface area contributed by atoms with Crippen LogP contribution in [0, 0.1) is 0 Å². The molecule has 0 bridgehead atoms. The number of carbonyl (C=O) groups excluding carboxylic acids is 1. The average Bonchev–Trinajstić information content (AvgIpc) is 2.35. The van der Waals surface area contributed by atoms with Gasteiger partial charge < -0.3 is 4.90 Å². The van der Waals surface area contributed by atoms with Gasteiger partial charge in [0, 0.05) is 18.5 Å². The molecule has 0 atom stereocenters. The second kappa shape index (κ2) is 4.57. The predicted molar refractivity (Wildman–Crippen MR) is 70.4 cm³/mol. The Labute approximate surface area is 107 Å². The number of benzene rings is 1. The minimum absolute atomic E-state index is 0.150. The van der Waals surface area contributed by atoms with Crippen molar-refractivity contribution in [2.45, 2.75) is 17.7 Å². The Morgan fingerprint density at radius 3 is 2.78 bits per heavy atom. The Bertz CT molecular complexity index is 605. The largest absolute Gasteiger partial charge is 0.309 e. The summed E-state index contributed by atoms with van der Waals surface area (Å²) in [5.41, 5.74) is 1.69. The fourth-order valence-electron chi connectivity index (χ4n) is 2.14. The lowest BCUT2D eigenvalue weighted by atomic mass is 10.0. The van der Waals surface area contributed by atoms with E-state index in [9.17, 15) is 13.2 Å². The first-order valence-corrected chi connectivity index (χ1v) is 7.59. The highest BCUT2D eigenvalue weighted by Crippen LogP contribution is 2.29. The molecule has 0 aliphatic carbocycles. The van der Waals surface area contributed by atoms with Gasteiger partial charge in [0.1, 0.15) is 0 Å². The molecule has 1 aliphatic heterocycles. The van der Waals surface area contributed by atoms with Gasteiger partial charge in [0.2, 0.25) is 5.91 Å². The minimum atomic E-state index is -3.20. The molecular weight excluding hydrogens is 250 g/mol. The van der Waals surface area contributed by atoms with Gasteiger partial charge in [-0.3, -0.25) is 4.79 Å². The number of nitrogens with zero attached hydrogens (tertiary/aromatic N) is 1. The van der Waals surface area contributed by atoms with Crippen molar-refractivity contribution in [1.82, 2.24) is 0 Å². The summed E-state index contributed by atoms with van der Waals surface area (Å²) in [6.07, 6.45) is 4.09. The molecule has 0 aromatic heterocycles. The summed E-state index contributed by atoms with van der Waals surface area (Å²) in [6, 6.07) is 4.91. The summed E-state index contributed by atoms with van der Waals surface area (Å²) in [5.74, 6) is -0.150. The summed E-state index contributed by atoms with van der Waals surface area (Å²) in [5, 5.41) is 0. The number of amides is 1. The van der Waals surface area contributed by atoms with Gasteiger partial charge in [0.15, 0.2) is 9.84 Å². The number of hydrogen-bond donors (Lipinski definition) is 0. The number of rotatable bonds is 2. The molecule has 0 spiro atoms. The van der Waals surface area contributed by atoms with Crippen LogP contribution in [0.4, 0.5) is 5.69 Å². The second-order valence-electron chi connectivity index (χ2n) is 4.36. The standard InChI is InChI=1S/C13H15NO3S/c1-3-13(15)14-8-4-5-10-9-11(18(2,16)17)6-7-12(10)14/h3,6-7,9H,1,4-5,8H2,2H3. The summed E-state index contributed by atoms with van der Waals surface area (Å²) in [6.45, 7) is 4.13. The molecule has 1 amide bonds. The number of fused-ring (bicyclic) bond motifs is 1. The lowest BCUT2D eigenvalue weighted by molar-refractivity contribution is -0.114. The van der Waals surface area contributed by atoms with E-state index in [1.165, 1.54) is 12.3 Å². The fourth-order valence-corrected chi connectivity index (χ4v) is 2.81. The molecular formula is C13H15NO3S. The van der Waals surface area contributed by atoms with Gasteiger partial charge in [-0.25, -0.2) is 8.42 Å². The third-order valence-electron chi connectivity index (χ3n) is 3.04. The van der Waals surface area contributed by atoms with Crippen LogP contribution in [-0.4, -0.2) is 27.1 Å². The first kappa shape index (κ1) is 12.8. The molecule has 1 aromatic carbocycles. The fraction of sp³-hybridized carbons (Fsp3) is 0.308. The summed E-state index contributed by atoms with van der Waals surface area (Å²) in [7, 11) is -3.20. The van der Waals surface area contributed by atoms with E-state index in [1.54, 1.807) is 23.1 Å². The van der Waals surface area contributed by atoms with E-state index in [0.29, 0.717) is 11.4 Å². The maximum Gasteiger partial charge on any atom is 0.250 e. The zero-order valence-corrected chi connectivity index (χ0v) is 11.0. The molecule has 0 N–H and O–H groups in total. The zero-order valence-electron chi connectivity index (χ0n) is 10.2. The van der Waals surface area contributed by atoms with E-state index < -0.39 is 9.84 Å². The molecule has 0 radical (unpaired) electrons. The second-order valence-corrected chi connectivity index (χ2v) is 6.38. The first-order valence-electron chi connectivity index (χ1n) is 5.70. The van der Waals surface area contributed by atoms with Crippen molar-refractivity contribution >= 4 is 21.4 Å². The number of sulfone groups is 1. The highest BCUT2D eigenvalue weighted by atomic mass is 32.2. The normalized spacial score (nSPS) is 15.1. The molecule has 0 fully saturated rings. The van der Waals surface area contributed by atoms with Crippen LogP contribution in [0.3, 0.4) is 0 Å². The van der Waals surface area contributed by atoms with Gasteiger partial charge in [-0.1, -0.05) is 6.58 Å². The molecule has 2 rings (SSSR count). The highest BCUT2D eigenvalue weighted by molar-refractivity contribution is 7.90. The Morgan fingerprint density at radius 1 is 1.44 bits per heavy atom. The van der Waals surface area contributed by atoms with Crippen LogP contribution in [0.25, 0.3) is 0 Å². The van der Waals surface area contributed by atoms with Crippen LogP contribution in [0.15, 0.2) is 35.7 Å². The van der Waals surface area contributed by atoms with E-state index in [-0.39, 0.29) is 5.91 Å². The van der Waals surface area contributed by atoms with Gasteiger partial charge in [-0.05, 0) is 42.7 Å². The lowest BCUT2D eigenvalue weighted by Gasteiger charge is -2.28. The maximum absolute atomic E-state index is 11.7. The third-order valence-corrected chi connectivity index (χ3v) is 4.15. The van der Waals surface area contributed by atoms with E-state index in [0.717, 1.165) is 24.1 Å². The molecule has 96 valence electrons. The Kier molecular flexibility index (Phi) is 3.26. The molecule has 1 heterocycles. The van der Waals surface area contributed by atoms with Gasteiger partial charge in [0.05, 0.1) is 4.90 Å². The van der Waals surface area contributed by atoms with Gasteiger partial charge in [-0.2, -0.15) is 0 Å². The molecule has 0 saturated heterocycles. The summed E-state index contributed by atoms with van der Waals surface area (Å²) < 4.78 is 23.0. The Balaban J connectivity index is 2.49. The Morgan fingerprint density at radius 2 is 2.17 bits per heavy atom. The smallest absolute Gasteiger partial charge is 0.250 e. The van der Waals surface area contributed by atoms with Crippen molar-refractivity contribution in [2.75, 3.05) is 17.7 Å². The van der Waals surface area contributed by atoms with E-state index in [2.05, 4.69) is 6.58 Å². The van der Waals surface area contributed by atoms with Crippen molar-refractivity contribution < 1.29 is 13.2 Å². The van der Waals surface area contributed by atoms with E-state index >= 15 is 0 Å². The van der Waals surface area contributed by atoms with Crippen LogP contribution in [0.2, 0.25) is 0 Å². The topological polar surface area (TPSA) is 54.5 Å². The quantitative estimate of drug-likeness (QED) is 0.762. The van der Waals surface area contributed by atoms with Crippen molar-refractivity contribution in [2.24, 2.45) is 0 Å². The monoisotopic (exact) mass is 265 g/mol. The van der Waals surface area contributed by atoms with Gasteiger partial charge in [-0.15, -0.1) is 0 Å². The molecule has 18 heavy (non-hydrogen) atoms. The number of hydrogen-bond acceptors (Lipinski definition) is 3. The third kappa shape index (κ3) is 2.31. The molecule has 0 unspecified atom stereocenters. The van der Waals surface area contributed by atoms with Crippen molar-refractivity contribution in [3.05, 3.63) is 36.4 Å². The van der Waals surface area contributed by atoms with Crippen LogP contribution in [0.5, 0.6) is 0 Å². The molecule has 1 aromatic rings. The molecule has 4 nitrogen and oxygen atoms in total. The van der Waals surface area contributed by atoms with Crippen LogP contribution in [-0.2, 0) is 21.1 Å². The van der Waals surface area contributed by atoms with Crippen molar-refractivity contribution in [1.29, 1.82) is 0 Å². The first-order chi connectivity index (χ1) is 8.43. The number of anilines is 1. The van der Waals surface area contributed by atoms with Gasteiger partial charge >= 0.3 is 0 Å². The summed E-state index contributed by atoms with van der Waals surface area (Å²) >= 11 is 0. The lowest BCUT2D eigenvalue weighted by Crippen LogP contribution is -2.34. The molecule has 5 heteroatoms. The van der Waals surface area contributed by atoms with Crippen molar-refractivity contribution in [3.8, 4) is 0 Å². The summed E-state index contributed by atoms with van der Waals surface area (Å²) in [4.78, 5) is 13.6. The highest BCUT2D eigenvalue weighted by Gasteiger charge is 2.22.